The summed E-state index contributed by atoms with van der Waals surface area (Å²) in [6, 6.07) is 8.49. The van der Waals surface area contributed by atoms with Gasteiger partial charge in [-0.15, -0.1) is 0 Å². The van der Waals surface area contributed by atoms with Gasteiger partial charge in [0, 0.05) is 0 Å². The second kappa shape index (κ2) is 4.89. The Hall–Kier alpha value is -0.697. The third kappa shape index (κ3) is 3.15. The fourth-order valence-electron chi connectivity index (χ4n) is 2.13. The maximum absolute atomic E-state index is 5.20. The van der Waals surface area contributed by atoms with E-state index >= 15 is 0 Å². The first-order valence-corrected chi connectivity index (χ1v) is 8.52. The molecule has 1 aromatic carbocycles. The number of hydrogen-bond donors (Lipinski definition) is 0. The van der Waals surface area contributed by atoms with Crippen LogP contribution in [0.25, 0.3) is 5.57 Å². The Morgan fingerprint density at radius 1 is 1.18 bits per heavy atom. The summed E-state index contributed by atoms with van der Waals surface area (Å²) >= 11 is 0.159. The van der Waals surface area contributed by atoms with Gasteiger partial charge in [-0.25, -0.2) is 0 Å². The first kappa shape index (κ1) is 12.8. The van der Waals surface area contributed by atoms with Crippen LogP contribution in [0.4, 0.5) is 0 Å². The molecule has 0 N–H and O–H groups in total. The van der Waals surface area contributed by atoms with Gasteiger partial charge >= 0.3 is 111 Å². The van der Waals surface area contributed by atoms with E-state index in [-0.39, 0.29) is 15.4 Å². The Labute approximate surface area is 111 Å². The van der Waals surface area contributed by atoms with Crippen molar-refractivity contribution in [3.63, 3.8) is 0 Å². The van der Waals surface area contributed by atoms with Gasteiger partial charge in [0.25, 0.3) is 0 Å². The summed E-state index contributed by atoms with van der Waals surface area (Å²) in [5.41, 5.74) is 3.40. The van der Waals surface area contributed by atoms with Gasteiger partial charge in [0.2, 0.25) is 0 Å². The molecule has 1 atom stereocenters. The molecule has 0 bridgehead atoms. The van der Waals surface area contributed by atoms with Crippen LogP contribution in [0, 0.1) is 5.41 Å². The Morgan fingerprint density at radius 3 is 2.24 bits per heavy atom. The van der Waals surface area contributed by atoms with E-state index in [1.807, 2.05) is 0 Å². The van der Waals surface area contributed by atoms with E-state index in [0.29, 0.717) is 5.41 Å². The van der Waals surface area contributed by atoms with Crippen molar-refractivity contribution in [2.45, 2.75) is 31.9 Å². The number of benzene rings is 1. The average molecular weight is 289 g/mol. The van der Waals surface area contributed by atoms with Gasteiger partial charge in [0.1, 0.15) is 0 Å². The van der Waals surface area contributed by atoms with Crippen molar-refractivity contribution in [1.82, 2.24) is 0 Å². The summed E-state index contributed by atoms with van der Waals surface area (Å²) in [6.45, 7) is 7.01. The van der Waals surface area contributed by atoms with Crippen molar-refractivity contribution in [2.24, 2.45) is 5.41 Å². The van der Waals surface area contributed by atoms with Crippen LogP contribution in [0.5, 0.6) is 5.75 Å². The zero-order chi connectivity index (χ0) is 12.5. The standard InChI is InChI=1S/C15H20GeO/c1-15(2,3)9-14-13(10-16-14)11-5-7-12(17-4)8-6-11/h5-8,10,14H,9H2,1-4H3. The maximum atomic E-state index is 5.20. The molecule has 0 aromatic heterocycles. The molecule has 1 aromatic rings. The molecule has 1 heterocycles. The van der Waals surface area contributed by atoms with E-state index in [1.54, 1.807) is 12.7 Å². The molecule has 2 rings (SSSR count). The van der Waals surface area contributed by atoms with Crippen LogP contribution >= 0.6 is 0 Å². The van der Waals surface area contributed by atoms with E-state index in [2.05, 4.69) is 49.9 Å². The average Bonchev–Trinajstić information content (AvgIpc) is 2.25. The predicted octanol–water partition coefficient (Wildman–Crippen LogP) is 3.98. The van der Waals surface area contributed by atoms with Crippen LogP contribution in [0.2, 0.25) is 4.75 Å². The Morgan fingerprint density at radius 2 is 1.82 bits per heavy atom. The molecule has 1 aliphatic heterocycles. The van der Waals surface area contributed by atoms with Crippen molar-refractivity contribution >= 4 is 21.0 Å². The molecule has 0 spiro atoms. The number of allylic oxidation sites excluding steroid dienone is 1. The van der Waals surface area contributed by atoms with Crippen molar-refractivity contribution in [2.75, 3.05) is 7.11 Å². The number of rotatable bonds is 3. The van der Waals surface area contributed by atoms with Crippen LogP contribution in [0.1, 0.15) is 32.8 Å². The van der Waals surface area contributed by atoms with Crippen LogP contribution in [-0.4, -0.2) is 22.5 Å². The van der Waals surface area contributed by atoms with Crippen molar-refractivity contribution < 1.29 is 4.74 Å². The van der Waals surface area contributed by atoms with E-state index in [0.717, 1.165) is 10.5 Å². The van der Waals surface area contributed by atoms with Gasteiger partial charge in [-0.05, 0) is 0 Å². The molecule has 1 nitrogen and oxygen atoms in total. The van der Waals surface area contributed by atoms with Gasteiger partial charge in [-0.3, -0.25) is 0 Å². The molecule has 2 radical (unpaired) electrons. The van der Waals surface area contributed by atoms with Gasteiger partial charge < -0.3 is 0 Å². The van der Waals surface area contributed by atoms with Crippen molar-refractivity contribution in [3.8, 4) is 5.75 Å². The van der Waals surface area contributed by atoms with Crippen LogP contribution < -0.4 is 4.74 Å². The molecule has 1 aliphatic rings. The fraction of sp³-hybridized carbons (Fsp3) is 0.467. The molecule has 0 fully saturated rings. The van der Waals surface area contributed by atoms with Gasteiger partial charge in [0.15, 0.2) is 0 Å². The van der Waals surface area contributed by atoms with Gasteiger partial charge in [0.05, 0.1) is 0 Å². The van der Waals surface area contributed by atoms with Crippen LogP contribution in [-0.2, 0) is 0 Å². The van der Waals surface area contributed by atoms with Gasteiger partial charge in [-0.2, -0.15) is 0 Å². The summed E-state index contributed by atoms with van der Waals surface area (Å²) in [7, 11) is 1.71. The van der Waals surface area contributed by atoms with Gasteiger partial charge in [-0.1, -0.05) is 0 Å². The zero-order valence-corrected chi connectivity index (χ0v) is 13.2. The van der Waals surface area contributed by atoms with Crippen molar-refractivity contribution in [3.05, 3.63) is 34.7 Å². The molecule has 0 saturated carbocycles. The minimum atomic E-state index is 0.159. The number of ether oxygens (including phenoxy) is 1. The quantitative estimate of drug-likeness (QED) is 0.765. The molecule has 0 aliphatic carbocycles. The molecule has 17 heavy (non-hydrogen) atoms. The minimum absolute atomic E-state index is 0.159. The first-order valence-electron chi connectivity index (χ1n) is 6.10. The Balaban J connectivity index is 2.08. The molecular formula is C15H20GeO. The Kier molecular flexibility index (Phi) is 3.67. The fourth-order valence-corrected chi connectivity index (χ4v) is 5.56. The second-order valence-electron chi connectivity index (χ2n) is 5.81. The molecule has 1 unspecified atom stereocenters. The van der Waals surface area contributed by atoms with E-state index in [4.69, 9.17) is 4.74 Å². The molecular weight excluding hydrogens is 269 g/mol. The SMILES string of the molecule is COc1ccc(C2=[CH][Ge][CH]2CC(C)(C)C)cc1. The third-order valence-electron chi connectivity index (χ3n) is 3.06. The predicted molar refractivity (Wildman–Crippen MR) is 74.5 cm³/mol. The summed E-state index contributed by atoms with van der Waals surface area (Å²) in [5.74, 6) is 0.942. The van der Waals surface area contributed by atoms with E-state index in [9.17, 15) is 0 Å². The normalized spacial score (nSPS) is 19.5. The van der Waals surface area contributed by atoms with Crippen LogP contribution in [0.3, 0.4) is 0 Å². The third-order valence-corrected chi connectivity index (χ3v) is 5.98. The zero-order valence-electron chi connectivity index (χ0n) is 11.1. The van der Waals surface area contributed by atoms with Crippen LogP contribution in [0.15, 0.2) is 29.2 Å². The second-order valence-corrected chi connectivity index (χ2v) is 8.58. The van der Waals surface area contributed by atoms with E-state index in [1.165, 1.54) is 12.0 Å². The first-order chi connectivity index (χ1) is 7.99. The van der Waals surface area contributed by atoms with Crippen molar-refractivity contribution in [1.29, 1.82) is 0 Å². The summed E-state index contributed by atoms with van der Waals surface area (Å²) in [4.78, 5) is 2.48. The topological polar surface area (TPSA) is 9.23 Å². The molecule has 0 amide bonds. The number of hydrogen-bond acceptors (Lipinski definition) is 1. The molecule has 0 saturated heterocycles. The van der Waals surface area contributed by atoms with E-state index < -0.39 is 0 Å². The molecule has 90 valence electrons. The summed E-state index contributed by atoms with van der Waals surface area (Å²) in [6.07, 6.45) is 1.32. The number of methoxy groups -OCH3 is 1. The molecule has 2 heteroatoms. The summed E-state index contributed by atoms with van der Waals surface area (Å²) in [5, 5.41) is 0. The monoisotopic (exact) mass is 290 g/mol. The summed E-state index contributed by atoms with van der Waals surface area (Å²) < 4.78 is 6.06. The Bertz CT molecular complexity index is 412.